The van der Waals surface area contributed by atoms with Crippen molar-refractivity contribution < 1.29 is 32.6 Å². The van der Waals surface area contributed by atoms with E-state index in [9.17, 15) is 18.0 Å². The summed E-state index contributed by atoms with van der Waals surface area (Å²) in [6, 6.07) is 9.42. The molecule has 1 fully saturated rings. The number of carboxylic acids is 1. The van der Waals surface area contributed by atoms with Crippen molar-refractivity contribution in [2.24, 2.45) is 5.41 Å². The molecule has 0 saturated carbocycles. The number of aliphatic carboxylic acids is 1. The van der Waals surface area contributed by atoms with Crippen LogP contribution in [0, 0.1) is 5.41 Å². The molecule has 194 valence electrons. The first-order chi connectivity index (χ1) is 16.3. The van der Waals surface area contributed by atoms with Gasteiger partial charge in [0.15, 0.2) is 0 Å². The highest BCUT2D eigenvalue weighted by Gasteiger charge is 2.38. The van der Waals surface area contributed by atoms with Crippen molar-refractivity contribution in [1.29, 1.82) is 0 Å². The Kier molecular flexibility index (Phi) is 9.70. The Morgan fingerprint density at radius 1 is 1.14 bits per heavy atom. The second kappa shape index (κ2) is 12.1. The number of likely N-dealkylation sites (tertiary alicyclic amines) is 1. The van der Waals surface area contributed by atoms with Crippen molar-refractivity contribution >= 4 is 17.7 Å². The molecule has 0 radical (unpaired) electrons. The third-order valence-corrected chi connectivity index (χ3v) is 5.59. The molecule has 8 nitrogen and oxygen atoms in total. The minimum atomic E-state index is -5.08. The van der Waals surface area contributed by atoms with Crippen LogP contribution < -0.4 is 10.1 Å². The number of rotatable bonds is 6. The van der Waals surface area contributed by atoms with Crippen LogP contribution in [0.4, 0.5) is 19.0 Å². The molecular formula is C24H33F3N4O4. The molecule has 0 spiro atoms. The first kappa shape index (κ1) is 28.2. The maximum atomic E-state index is 12.7. The minimum absolute atomic E-state index is 0.179. The summed E-state index contributed by atoms with van der Waals surface area (Å²) in [4.78, 5) is 24.2. The van der Waals surface area contributed by atoms with Crippen molar-refractivity contribution in [3.63, 3.8) is 0 Å². The van der Waals surface area contributed by atoms with E-state index in [0.29, 0.717) is 22.8 Å². The molecule has 2 heterocycles. The summed E-state index contributed by atoms with van der Waals surface area (Å²) in [6.45, 7) is 10.2. The molecule has 1 aromatic heterocycles. The number of amides is 1. The van der Waals surface area contributed by atoms with Crippen LogP contribution in [-0.2, 0) is 4.79 Å². The number of carbonyl (C=O) groups excluding carboxylic acids is 1. The number of para-hydroxylation sites is 1. The van der Waals surface area contributed by atoms with Crippen molar-refractivity contribution in [2.75, 3.05) is 32.1 Å². The second-order valence-corrected chi connectivity index (χ2v) is 9.50. The van der Waals surface area contributed by atoms with Gasteiger partial charge in [0, 0.05) is 19.2 Å². The largest absolute Gasteiger partial charge is 0.496 e. The van der Waals surface area contributed by atoms with Gasteiger partial charge < -0.3 is 20.1 Å². The average Bonchev–Trinajstić information content (AvgIpc) is 3.25. The number of anilines is 1. The lowest BCUT2D eigenvalue weighted by Crippen LogP contribution is -2.37. The third kappa shape index (κ3) is 8.89. The number of carboxylic acid groups (broad SMARTS) is 1. The number of halogens is 3. The van der Waals surface area contributed by atoms with Gasteiger partial charge in [-0.3, -0.25) is 4.79 Å². The van der Waals surface area contributed by atoms with Crippen molar-refractivity contribution in [3.8, 4) is 5.75 Å². The highest BCUT2D eigenvalue weighted by molar-refractivity contribution is 6.05. The molecule has 2 N–H and O–H groups in total. The van der Waals surface area contributed by atoms with Crippen molar-refractivity contribution in [2.45, 2.75) is 52.3 Å². The third-order valence-electron chi connectivity index (χ3n) is 5.59. The van der Waals surface area contributed by atoms with Gasteiger partial charge in [0.1, 0.15) is 11.6 Å². The minimum Gasteiger partial charge on any atom is -0.496 e. The number of carbonyl (C=O) groups is 2. The highest BCUT2D eigenvalue weighted by Crippen LogP contribution is 2.28. The monoisotopic (exact) mass is 498 g/mol. The molecule has 0 atom stereocenters. The molecule has 0 aliphatic carbocycles. The summed E-state index contributed by atoms with van der Waals surface area (Å²) in [5, 5.41) is 14.6. The molecule has 2 aromatic rings. The highest BCUT2D eigenvalue weighted by atomic mass is 19.4. The Balaban J connectivity index is 0.000000540. The molecule has 1 saturated heterocycles. The summed E-state index contributed by atoms with van der Waals surface area (Å²) in [5.74, 6) is -1.63. The smallest absolute Gasteiger partial charge is 0.490 e. The Bertz CT molecular complexity index is 978. The van der Waals surface area contributed by atoms with Gasteiger partial charge in [-0.1, -0.05) is 32.9 Å². The zero-order chi connectivity index (χ0) is 26.2. The first-order valence-electron chi connectivity index (χ1n) is 11.3. The lowest BCUT2D eigenvalue weighted by Gasteiger charge is -2.34. The van der Waals surface area contributed by atoms with E-state index in [4.69, 9.17) is 14.6 Å². The zero-order valence-electron chi connectivity index (χ0n) is 20.4. The van der Waals surface area contributed by atoms with E-state index in [0.717, 1.165) is 38.3 Å². The number of ether oxygens (including phenoxy) is 1. The topological polar surface area (TPSA) is 96.7 Å². The van der Waals surface area contributed by atoms with E-state index in [1.54, 1.807) is 25.4 Å². The average molecular weight is 499 g/mol. The van der Waals surface area contributed by atoms with Crippen LogP contribution in [0.25, 0.3) is 0 Å². The molecule has 3 rings (SSSR count). The Labute approximate surface area is 203 Å². The summed E-state index contributed by atoms with van der Waals surface area (Å²) in [7, 11) is 1.57. The van der Waals surface area contributed by atoms with Crippen LogP contribution in [-0.4, -0.2) is 64.6 Å². The standard InChI is InChI=1S/C22H32N4O2.C2HF3O2/c1-22(2,3)12-16-25-14-10-17(11-15-25)26-20(9-13-23-26)24-21(27)18-7-5-6-8-19(18)28-4;3-2(4,5)1(6)7/h5-9,13,17H,10-12,14-16H2,1-4H3,(H,24,27);(H,6,7). The first-order valence-corrected chi connectivity index (χ1v) is 11.3. The lowest BCUT2D eigenvalue weighted by atomic mass is 9.91. The number of nitrogens with one attached hydrogen (secondary N) is 1. The van der Waals surface area contributed by atoms with E-state index in [-0.39, 0.29) is 5.91 Å². The van der Waals surface area contributed by atoms with Crippen LogP contribution in [0.1, 0.15) is 56.4 Å². The van der Waals surface area contributed by atoms with Gasteiger partial charge in [-0.05, 0) is 43.4 Å². The van der Waals surface area contributed by atoms with Gasteiger partial charge in [-0.15, -0.1) is 0 Å². The van der Waals surface area contributed by atoms with Crippen LogP contribution in [0.15, 0.2) is 36.5 Å². The maximum Gasteiger partial charge on any atom is 0.490 e. The number of aromatic nitrogens is 2. The van der Waals surface area contributed by atoms with E-state index < -0.39 is 12.1 Å². The summed E-state index contributed by atoms with van der Waals surface area (Å²) < 4.78 is 39.0. The quantitative estimate of drug-likeness (QED) is 0.591. The van der Waals surface area contributed by atoms with Crippen molar-refractivity contribution in [1.82, 2.24) is 14.7 Å². The van der Waals surface area contributed by atoms with Crippen LogP contribution in [0.3, 0.4) is 0 Å². The number of alkyl halides is 3. The lowest BCUT2D eigenvalue weighted by molar-refractivity contribution is -0.192. The van der Waals surface area contributed by atoms with Gasteiger partial charge in [0.25, 0.3) is 5.91 Å². The van der Waals surface area contributed by atoms with Gasteiger partial charge in [0.2, 0.25) is 0 Å². The maximum absolute atomic E-state index is 12.7. The van der Waals surface area contributed by atoms with Crippen molar-refractivity contribution in [3.05, 3.63) is 42.1 Å². The molecular weight excluding hydrogens is 465 g/mol. The van der Waals surface area contributed by atoms with Gasteiger partial charge >= 0.3 is 12.1 Å². The Hall–Kier alpha value is -3.08. The number of hydrogen-bond donors (Lipinski definition) is 2. The molecule has 35 heavy (non-hydrogen) atoms. The molecule has 1 aliphatic rings. The van der Waals surface area contributed by atoms with Crippen LogP contribution >= 0.6 is 0 Å². The fourth-order valence-corrected chi connectivity index (χ4v) is 3.60. The number of piperidine rings is 1. The van der Waals surface area contributed by atoms with Gasteiger partial charge in [0.05, 0.1) is 24.9 Å². The SMILES string of the molecule is COc1ccccc1C(=O)Nc1ccnn1C1CCN(CCC(C)(C)C)CC1.O=C(O)C(F)(F)F. The molecule has 0 bridgehead atoms. The van der Waals surface area contributed by atoms with E-state index >= 15 is 0 Å². The summed E-state index contributed by atoms with van der Waals surface area (Å²) >= 11 is 0. The van der Waals surface area contributed by atoms with Gasteiger partial charge in [-0.25, -0.2) is 9.48 Å². The molecule has 1 amide bonds. The Morgan fingerprint density at radius 2 is 1.74 bits per heavy atom. The molecule has 1 aliphatic heterocycles. The van der Waals surface area contributed by atoms with E-state index in [1.807, 2.05) is 22.9 Å². The fraction of sp³-hybridized carbons (Fsp3) is 0.542. The predicted molar refractivity (Wildman–Crippen MR) is 126 cm³/mol. The molecule has 11 heteroatoms. The second-order valence-electron chi connectivity index (χ2n) is 9.50. The van der Waals surface area contributed by atoms with E-state index in [1.165, 1.54) is 6.42 Å². The number of nitrogens with zero attached hydrogens (tertiary/aromatic N) is 3. The molecule has 0 unspecified atom stereocenters. The summed E-state index contributed by atoms with van der Waals surface area (Å²) in [5.41, 5.74) is 0.893. The Morgan fingerprint density at radius 3 is 2.29 bits per heavy atom. The van der Waals surface area contributed by atoms with Crippen LogP contribution in [0.5, 0.6) is 5.75 Å². The molecule has 1 aromatic carbocycles. The van der Waals surface area contributed by atoms with Crippen LogP contribution in [0.2, 0.25) is 0 Å². The number of methoxy groups -OCH3 is 1. The summed E-state index contributed by atoms with van der Waals surface area (Å²) in [6.07, 6.45) is -0.0316. The predicted octanol–water partition coefficient (Wildman–Crippen LogP) is 4.85. The van der Waals surface area contributed by atoms with E-state index in [2.05, 4.69) is 36.1 Å². The normalized spacial score (nSPS) is 15.2. The number of hydrogen-bond acceptors (Lipinski definition) is 5. The fourth-order valence-electron chi connectivity index (χ4n) is 3.60. The number of benzene rings is 1. The van der Waals surface area contributed by atoms with Gasteiger partial charge in [-0.2, -0.15) is 18.3 Å². The zero-order valence-corrected chi connectivity index (χ0v) is 20.4.